The first-order chi connectivity index (χ1) is 10.1. The van der Waals surface area contributed by atoms with E-state index >= 15 is 0 Å². The van der Waals surface area contributed by atoms with E-state index in [1.165, 1.54) is 6.08 Å². The Balaban J connectivity index is 2.08. The molecule has 4 nitrogen and oxygen atoms in total. The first kappa shape index (κ1) is 15.4. The molecule has 0 aliphatic carbocycles. The number of nitro groups is 1. The van der Waals surface area contributed by atoms with Gasteiger partial charge in [-0.05, 0) is 23.8 Å². The Morgan fingerprint density at radius 3 is 2.57 bits per heavy atom. The number of ether oxygens (including phenoxy) is 1. The average Bonchev–Trinajstić information content (AvgIpc) is 2.45. The van der Waals surface area contributed by atoms with Gasteiger partial charge in [-0.25, -0.2) is 0 Å². The molecule has 0 amide bonds. The van der Waals surface area contributed by atoms with Crippen molar-refractivity contribution in [2.45, 2.75) is 6.61 Å². The molecule has 2 rings (SSSR count). The number of halogens is 2. The van der Waals surface area contributed by atoms with Gasteiger partial charge in [-0.2, -0.15) is 0 Å². The van der Waals surface area contributed by atoms with Crippen LogP contribution in [0.25, 0.3) is 6.08 Å². The minimum atomic E-state index is -0.532. The highest BCUT2D eigenvalue weighted by atomic mass is 35.5. The summed E-state index contributed by atoms with van der Waals surface area (Å²) >= 11 is 12.1. The summed E-state index contributed by atoms with van der Waals surface area (Å²) in [6.07, 6.45) is 2.22. The first-order valence-corrected chi connectivity index (χ1v) is 6.79. The van der Waals surface area contributed by atoms with Crippen LogP contribution in [0.1, 0.15) is 11.1 Å². The van der Waals surface area contributed by atoms with Crippen LogP contribution >= 0.6 is 23.2 Å². The van der Waals surface area contributed by atoms with Crippen molar-refractivity contribution >= 4 is 29.3 Å². The molecule has 2 aromatic rings. The number of benzene rings is 2. The molecule has 2 aromatic carbocycles. The zero-order valence-electron chi connectivity index (χ0n) is 10.8. The lowest BCUT2D eigenvalue weighted by atomic mass is 10.2. The van der Waals surface area contributed by atoms with Crippen molar-refractivity contribution < 1.29 is 9.66 Å². The van der Waals surface area contributed by atoms with Crippen LogP contribution < -0.4 is 4.74 Å². The Morgan fingerprint density at radius 2 is 1.90 bits per heavy atom. The van der Waals surface area contributed by atoms with E-state index < -0.39 is 4.92 Å². The fourth-order valence-electron chi connectivity index (χ4n) is 1.66. The number of hydrogen-bond acceptors (Lipinski definition) is 3. The summed E-state index contributed by atoms with van der Waals surface area (Å²) in [6, 6.07) is 12.3. The largest absolute Gasteiger partial charge is 0.487 e. The molecule has 108 valence electrons. The topological polar surface area (TPSA) is 52.4 Å². The predicted octanol–water partition coefficient (Wildman–Crippen LogP) is 4.82. The molecule has 0 spiro atoms. The SMILES string of the molecule is O=[N+]([O-])/C=C/c1ccc(OCc2ccccc2Cl)c(Cl)c1. The highest BCUT2D eigenvalue weighted by molar-refractivity contribution is 6.32. The normalized spacial score (nSPS) is 10.8. The predicted molar refractivity (Wildman–Crippen MR) is 83.3 cm³/mol. The lowest BCUT2D eigenvalue weighted by Gasteiger charge is -2.09. The summed E-state index contributed by atoms with van der Waals surface area (Å²) in [6.45, 7) is 0.295. The van der Waals surface area contributed by atoms with Crippen LogP contribution in [0, 0.1) is 10.1 Å². The van der Waals surface area contributed by atoms with Crippen molar-refractivity contribution in [2.24, 2.45) is 0 Å². The number of hydrogen-bond donors (Lipinski definition) is 0. The van der Waals surface area contributed by atoms with Crippen molar-refractivity contribution in [2.75, 3.05) is 0 Å². The molecule has 0 aromatic heterocycles. The molecular formula is C15H11Cl2NO3. The van der Waals surface area contributed by atoms with Gasteiger partial charge in [0.25, 0.3) is 0 Å². The standard InChI is InChI=1S/C15H11Cl2NO3/c16-13-4-2-1-3-12(13)10-21-15-6-5-11(9-14(15)17)7-8-18(19)20/h1-9H,10H2/b8-7+. The van der Waals surface area contributed by atoms with Crippen LogP contribution in [0.5, 0.6) is 5.75 Å². The van der Waals surface area contributed by atoms with Gasteiger partial charge in [0, 0.05) is 16.7 Å². The minimum absolute atomic E-state index is 0.295. The van der Waals surface area contributed by atoms with Gasteiger partial charge in [0.15, 0.2) is 0 Å². The van der Waals surface area contributed by atoms with Crippen molar-refractivity contribution in [1.82, 2.24) is 0 Å². The van der Waals surface area contributed by atoms with Gasteiger partial charge in [-0.15, -0.1) is 0 Å². The Labute approximate surface area is 131 Å². The zero-order chi connectivity index (χ0) is 15.2. The molecule has 0 aliphatic rings. The van der Waals surface area contributed by atoms with Gasteiger partial charge in [0.05, 0.1) is 9.95 Å². The summed E-state index contributed by atoms with van der Waals surface area (Å²) in [5.41, 5.74) is 1.48. The fraction of sp³-hybridized carbons (Fsp3) is 0.0667. The Kier molecular flexibility index (Phi) is 5.20. The van der Waals surface area contributed by atoms with Gasteiger partial charge in [0.2, 0.25) is 6.20 Å². The third kappa shape index (κ3) is 4.48. The third-order valence-corrected chi connectivity index (χ3v) is 3.35. The second kappa shape index (κ2) is 7.11. The van der Waals surface area contributed by atoms with Crippen molar-refractivity contribution in [1.29, 1.82) is 0 Å². The van der Waals surface area contributed by atoms with Crippen LogP contribution in [0.15, 0.2) is 48.7 Å². The monoisotopic (exact) mass is 323 g/mol. The molecule has 0 aliphatic heterocycles. The maximum atomic E-state index is 10.3. The molecule has 0 radical (unpaired) electrons. The van der Waals surface area contributed by atoms with E-state index in [4.69, 9.17) is 27.9 Å². The molecule has 0 atom stereocenters. The molecule has 0 bridgehead atoms. The summed E-state index contributed by atoms with van der Waals surface area (Å²) < 4.78 is 5.61. The second-order valence-corrected chi connectivity index (χ2v) is 4.99. The van der Waals surface area contributed by atoms with E-state index in [1.54, 1.807) is 24.3 Å². The smallest absolute Gasteiger partial charge is 0.235 e. The molecule has 21 heavy (non-hydrogen) atoms. The molecule has 0 saturated carbocycles. The van der Waals surface area contributed by atoms with Gasteiger partial charge in [0.1, 0.15) is 12.4 Å². The van der Waals surface area contributed by atoms with E-state index in [9.17, 15) is 10.1 Å². The highest BCUT2D eigenvalue weighted by Gasteiger charge is 2.05. The van der Waals surface area contributed by atoms with E-state index in [0.29, 0.717) is 28.0 Å². The van der Waals surface area contributed by atoms with E-state index in [1.807, 2.05) is 18.2 Å². The van der Waals surface area contributed by atoms with Crippen LogP contribution in [0.2, 0.25) is 10.0 Å². The van der Waals surface area contributed by atoms with Gasteiger partial charge in [-0.1, -0.05) is 47.5 Å². The highest BCUT2D eigenvalue weighted by Crippen LogP contribution is 2.27. The summed E-state index contributed by atoms with van der Waals surface area (Å²) in [5, 5.41) is 11.3. The molecule has 0 N–H and O–H groups in total. The average molecular weight is 324 g/mol. The first-order valence-electron chi connectivity index (χ1n) is 6.04. The summed E-state index contributed by atoms with van der Waals surface area (Å²) in [4.78, 5) is 9.73. The molecule has 0 saturated heterocycles. The minimum Gasteiger partial charge on any atom is -0.487 e. The van der Waals surface area contributed by atoms with Crippen LogP contribution in [0.4, 0.5) is 0 Å². The summed E-state index contributed by atoms with van der Waals surface area (Å²) in [5.74, 6) is 0.495. The van der Waals surface area contributed by atoms with Crippen molar-refractivity contribution in [3.05, 3.63) is 80.0 Å². The van der Waals surface area contributed by atoms with Gasteiger partial charge >= 0.3 is 0 Å². The van der Waals surface area contributed by atoms with Crippen LogP contribution in [-0.2, 0) is 6.61 Å². The zero-order valence-corrected chi connectivity index (χ0v) is 12.3. The van der Waals surface area contributed by atoms with E-state index in [0.717, 1.165) is 11.8 Å². The fourth-order valence-corrected chi connectivity index (χ4v) is 2.09. The number of rotatable bonds is 5. The Bertz CT molecular complexity index is 686. The quantitative estimate of drug-likeness (QED) is 0.585. The van der Waals surface area contributed by atoms with Crippen molar-refractivity contribution in [3.8, 4) is 5.75 Å². The molecular weight excluding hydrogens is 313 g/mol. The Morgan fingerprint density at radius 1 is 1.14 bits per heavy atom. The maximum Gasteiger partial charge on any atom is 0.235 e. The maximum absolute atomic E-state index is 10.3. The van der Waals surface area contributed by atoms with Gasteiger partial charge in [-0.3, -0.25) is 10.1 Å². The molecule has 0 heterocycles. The van der Waals surface area contributed by atoms with Crippen LogP contribution in [0.3, 0.4) is 0 Å². The van der Waals surface area contributed by atoms with E-state index in [-0.39, 0.29) is 0 Å². The van der Waals surface area contributed by atoms with Crippen molar-refractivity contribution in [3.63, 3.8) is 0 Å². The molecule has 0 fully saturated rings. The second-order valence-electron chi connectivity index (χ2n) is 4.17. The van der Waals surface area contributed by atoms with Crippen LogP contribution in [-0.4, -0.2) is 4.92 Å². The number of nitrogens with zero attached hydrogens (tertiary/aromatic N) is 1. The Hall–Kier alpha value is -2.04. The molecule has 0 unspecified atom stereocenters. The van der Waals surface area contributed by atoms with Gasteiger partial charge < -0.3 is 4.74 Å². The van der Waals surface area contributed by atoms with E-state index in [2.05, 4.69) is 0 Å². The lowest BCUT2D eigenvalue weighted by Crippen LogP contribution is -1.96. The summed E-state index contributed by atoms with van der Waals surface area (Å²) in [7, 11) is 0. The lowest BCUT2D eigenvalue weighted by molar-refractivity contribution is -0.400. The molecule has 6 heteroatoms. The third-order valence-electron chi connectivity index (χ3n) is 2.69.